The van der Waals surface area contributed by atoms with Crippen LogP contribution in [0.3, 0.4) is 0 Å². The fraction of sp³-hybridized carbons (Fsp3) is 0.400. The largest absolute Gasteiger partial charge is 0.495 e. The van der Waals surface area contributed by atoms with Crippen LogP contribution in [0.15, 0.2) is 73.4 Å². The van der Waals surface area contributed by atoms with Gasteiger partial charge in [0.15, 0.2) is 0 Å². The number of pyridine rings is 1. The van der Waals surface area contributed by atoms with Gasteiger partial charge in [0, 0.05) is 93.9 Å². The molecule has 5 aliphatic heterocycles. The van der Waals surface area contributed by atoms with Gasteiger partial charge in [0.05, 0.1) is 73.3 Å². The molecular formula is C50H50F3N13O5. The molecule has 2 unspecified atom stereocenters. The number of nitrogens with one attached hydrogen (secondary N) is 2. The van der Waals surface area contributed by atoms with Crippen LogP contribution in [-0.4, -0.2) is 141 Å². The van der Waals surface area contributed by atoms with Gasteiger partial charge in [0.25, 0.3) is 5.91 Å². The standard InChI is InChI=1S/C50H50F3N13O5/c1-70-43-18-42(38(53)17-40(43)58-39-10-12-45(67)60-49(39)68)62-15-13-61(14-16-62)32-6-8-33(9-7-32)65-23-31(22-56-65)41-27-66-48(30(19-54)21-57-66)47(59-41)29-5-11-44(55-20-29)63-24-34-28-71-35(25-63)26-64(34)50(69)46-36(51)3-2-4-37(46)52/h2-5,11,17-18,20-23,27,32-35,39,58H,6-10,12-16,24-26,28H2,1H3,(H,60,67,68)/t32?,33?,34-,35?,39?/m0/s1. The number of piperidine rings is 1. The minimum atomic E-state index is -0.903. The number of nitrogens with zero attached hydrogens (tertiary/aromatic N) is 11. The van der Waals surface area contributed by atoms with E-state index < -0.39 is 53.0 Å². The summed E-state index contributed by atoms with van der Waals surface area (Å²) in [7, 11) is 1.51. The van der Waals surface area contributed by atoms with Gasteiger partial charge in [-0.3, -0.25) is 29.3 Å². The highest BCUT2D eigenvalue weighted by Crippen LogP contribution is 2.37. The summed E-state index contributed by atoms with van der Waals surface area (Å²) in [6, 6.07) is 11.9. The van der Waals surface area contributed by atoms with E-state index in [2.05, 4.69) is 26.7 Å². The van der Waals surface area contributed by atoms with Gasteiger partial charge in [-0.25, -0.2) is 27.7 Å². The van der Waals surface area contributed by atoms with Crippen LogP contribution in [0.2, 0.25) is 0 Å². The maximum atomic E-state index is 15.6. The molecule has 1 saturated carbocycles. The lowest BCUT2D eigenvalue weighted by atomic mass is 9.90. The molecule has 71 heavy (non-hydrogen) atoms. The smallest absolute Gasteiger partial charge is 0.260 e. The number of ether oxygens (including phenoxy) is 2. The number of benzene rings is 2. The van der Waals surface area contributed by atoms with Gasteiger partial charge in [-0.05, 0) is 56.4 Å². The van der Waals surface area contributed by atoms with Gasteiger partial charge in [-0.2, -0.15) is 15.5 Å². The Labute approximate surface area is 405 Å². The average molecular weight is 970 g/mol. The summed E-state index contributed by atoms with van der Waals surface area (Å²) in [5, 5.41) is 24.7. The monoisotopic (exact) mass is 969 g/mol. The predicted molar refractivity (Wildman–Crippen MR) is 253 cm³/mol. The number of rotatable bonds is 10. The molecule has 18 nitrogen and oxygen atoms in total. The van der Waals surface area contributed by atoms with Crippen LogP contribution in [0, 0.1) is 28.8 Å². The number of fused-ring (bicyclic) bond motifs is 5. The third-order valence-corrected chi connectivity index (χ3v) is 14.6. The number of amides is 3. The van der Waals surface area contributed by atoms with Crippen molar-refractivity contribution < 1.29 is 37.0 Å². The number of methoxy groups -OCH3 is 1. The molecular weight excluding hydrogens is 920 g/mol. The molecule has 4 aromatic heterocycles. The highest BCUT2D eigenvalue weighted by Gasteiger charge is 2.40. The predicted octanol–water partition coefficient (Wildman–Crippen LogP) is 5.21. The van der Waals surface area contributed by atoms with E-state index in [4.69, 9.17) is 24.5 Å². The van der Waals surface area contributed by atoms with E-state index >= 15 is 4.39 Å². The number of nitriles is 1. The van der Waals surface area contributed by atoms with Crippen LogP contribution in [0.1, 0.15) is 60.5 Å². The molecule has 9 heterocycles. The van der Waals surface area contributed by atoms with Crippen LogP contribution in [-0.2, 0) is 14.3 Å². The van der Waals surface area contributed by atoms with E-state index in [1.807, 2.05) is 32.8 Å². The number of carbonyl (C=O) groups is 3. The first-order chi connectivity index (χ1) is 34.5. The van der Waals surface area contributed by atoms with Crippen molar-refractivity contribution >= 4 is 40.4 Å². The number of hydrogen-bond acceptors (Lipinski definition) is 14. The maximum absolute atomic E-state index is 15.6. The SMILES string of the molecule is COc1cc(N2CCN(C3CCC(n4cc(-c5cn6ncc(C#N)c6c(-c6ccc(N7CC8CN(C(=O)c9c(F)cccc9F)[C@H](CO8)C7)nc6)n5)cn4)CC3)CC2)c(F)cc1NC1CCC(=O)NC1=O. The fourth-order valence-electron chi connectivity index (χ4n) is 10.8. The molecule has 3 amide bonds. The molecule has 0 radical (unpaired) electrons. The second kappa shape index (κ2) is 19.0. The number of anilines is 3. The van der Waals surface area contributed by atoms with Crippen molar-refractivity contribution in [3.63, 3.8) is 0 Å². The first kappa shape index (κ1) is 45.8. The number of morpholine rings is 1. The van der Waals surface area contributed by atoms with Crippen molar-refractivity contribution in [1.82, 2.24) is 44.5 Å². The van der Waals surface area contributed by atoms with Crippen molar-refractivity contribution in [2.45, 2.75) is 68.8 Å². The molecule has 6 fully saturated rings. The molecule has 3 atom stereocenters. The third-order valence-electron chi connectivity index (χ3n) is 14.6. The highest BCUT2D eigenvalue weighted by molar-refractivity contribution is 6.01. The van der Waals surface area contributed by atoms with Crippen molar-refractivity contribution in [2.75, 3.05) is 74.6 Å². The highest BCUT2D eigenvalue weighted by atomic mass is 19.1. The van der Waals surface area contributed by atoms with Crippen molar-refractivity contribution in [1.29, 1.82) is 5.26 Å². The molecule has 21 heteroatoms. The Balaban J connectivity index is 0.734. The second-order valence-corrected chi connectivity index (χ2v) is 18.8. The molecule has 6 aliphatic rings. The van der Waals surface area contributed by atoms with Gasteiger partial charge < -0.3 is 29.5 Å². The van der Waals surface area contributed by atoms with Crippen molar-refractivity contribution in [3.05, 3.63) is 102 Å². The number of halogens is 3. The third kappa shape index (κ3) is 8.86. The molecule has 6 aromatic rings. The van der Waals surface area contributed by atoms with E-state index in [9.17, 15) is 28.4 Å². The zero-order valence-electron chi connectivity index (χ0n) is 38.8. The Morgan fingerprint density at radius 3 is 2.38 bits per heavy atom. The number of piperazine rings is 1. The number of carbonyl (C=O) groups excluding carboxylic acids is 3. The summed E-state index contributed by atoms with van der Waals surface area (Å²) in [6.45, 7) is 4.03. The Morgan fingerprint density at radius 2 is 1.65 bits per heavy atom. The topological polar surface area (TPSA) is 191 Å². The first-order valence-electron chi connectivity index (χ1n) is 23.9. The van der Waals surface area contributed by atoms with E-state index in [0.717, 1.165) is 56.5 Å². The zero-order valence-corrected chi connectivity index (χ0v) is 38.8. The summed E-state index contributed by atoms with van der Waals surface area (Å²) >= 11 is 0. The van der Waals surface area contributed by atoms with Crippen LogP contribution < -0.4 is 25.2 Å². The lowest BCUT2D eigenvalue weighted by molar-refractivity contribution is -0.133. The summed E-state index contributed by atoms with van der Waals surface area (Å²) in [6.07, 6.45) is 12.8. The summed E-state index contributed by atoms with van der Waals surface area (Å²) in [4.78, 5) is 55.3. The summed E-state index contributed by atoms with van der Waals surface area (Å²) in [5.74, 6) is -2.64. The first-order valence-corrected chi connectivity index (χ1v) is 23.9. The summed E-state index contributed by atoms with van der Waals surface area (Å²) in [5.41, 5.74) is 3.73. The van der Waals surface area contributed by atoms with Crippen molar-refractivity contribution in [2.24, 2.45) is 0 Å². The molecule has 2 bridgehead atoms. The Kier molecular flexibility index (Phi) is 12.3. The van der Waals surface area contributed by atoms with E-state index in [1.54, 1.807) is 29.2 Å². The minimum Gasteiger partial charge on any atom is -0.495 e. The maximum Gasteiger partial charge on any atom is 0.260 e. The molecule has 0 spiro atoms. The van der Waals surface area contributed by atoms with E-state index in [0.29, 0.717) is 89.6 Å². The van der Waals surface area contributed by atoms with Crippen LogP contribution >= 0.6 is 0 Å². The quantitative estimate of drug-likeness (QED) is 0.170. The Bertz CT molecular complexity index is 3050. The molecule has 1 aliphatic carbocycles. The lowest BCUT2D eigenvalue weighted by Gasteiger charge is -2.42. The molecule has 12 rings (SSSR count). The van der Waals surface area contributed by atoms with Crippen LogP contribution in [0.4, 0.5) is 30.4 Å². The minimum absolute atomic E-state index is 0.185. The van der Waals surface area contributed by atoms with E-state index in [1.165, 1.54) is 30.3 Å². The average Bonchev–Trinajstić information content (AvgIpc) is 3.95. The normalized spacial score (nSPS) is 22.9. The number of aromatic nitrogens is 6. The second-order valence-electron chi connectivity index (χ2n) is 18.8. The molecule has 366 valence electrons. The molecule has 5 saturated heterocycles. The summed E-state index contributed by atoms with van der Waals surface area (Å²) < 4.78 is 60.2. The molecule has 2 aromatic carbocycles. The van der Waals surface area contributed by atoms with Crippen LogP contribution in [0.5, 0.6) is 5.75 Å². The van der Waals surface area contributed by atoms with Crippen LogP contribution in [0.25, 0.3) is 28.0 Å². The van der Waals surface area contributed by atoms with Gasteiger partial charge >= 0.3 is 0 Å². The number of hydrogen-bond donors (Lipinski definition) is 2. The van der Waals surface area contributed by atoms with Gasteiger partial charge in [0.1, 0.15) is 57.8 Å². The lowest BCUT2D eigenvalue weighted by Crippen LogP contribution is -2.52. The van der Waals surface area contributed by atoms with Gasteiger partial charge in [-0.15, -0.1) is 0 Å². The fourth-order valence-corrected chi connectivity index (χ4v) is 10.8. The van der Waals surface area contributed by atoms with Gasteiger partial charge in [-0.1, -0.05) is 6.07 Å². The molecule has 2 N–H and O–H groups in total. The van der Waals surface area contributed by atoms with E-state index in [-0.39, 0.29) is 31.5 Å². The zero-order chi connectivity index (χ0) is 48.9. The van der Waals surface area contributed by atoms with Crippen molar-refractivity contribution in [3.8, 4) is 34.3 Å². The number of imide groups is 1. The van der Waals surface area contributed by atoms with Gasteiger partial charge in [0.2, 0.25) is 11.8 Å². The Hall–Kier alpha value is -7.57. The Morgan fingerprint density at radius 1 is 0.859 bits per heavy atom.